The first-order chi connectivity index (χ1) is 10.1. The standard InChI is InChI=1S/C15H24N2O3S/c1-2-17(7-4-8-18)10-13(19)11-20-14-6-3-5-12(9-14)15(16)21/h3,5-6,9,13,18-19H,2,4,7-8,10-11H2,1H3,(H2,16,21). The van der Waals surface area contributed by atoms with Crippen molar-refractivity contribution in [2.45, 2.75) is 19.4 Å². The number of thiocarbonyl (C=S) groups is 1. The van der Waals surface area contributed by atoms with Crippen LogP contribution in [0.1, 0.15) is 18.9 Å². The minimum atomic E-state index is -0.586. The number of benzene rings is 1. The highest BCUT2D eigenvalue weighted by atomic mass is 32.1. The molecule has 0 spiro atoms. The fourth-order valence-corrected chi connectivity index (χ4v) is 2.08. The minimum absolute atomic E-state index is 0.162. The highest BCUT2D eigenvalue weighted by Crippen LogP contribution is 2.13. The van der Waals surface area contributed by atoms with E-state index < -0.39 is 6.10 Å². The Bertz CT molecular complexity index is 443. The van der Waals surface area contributed by atoms with Gasteiger partial charge in [0.25, 0.3) is 0 Å². The van der Waals surface area contributed by atoms with Crippen molar-refractivity contribution in [1.82, 2.24) is 4.90 Å². The maximum atomic E-state index is 10.0. The third-order valence-electron chi connectivity index (χ3n) is 3.11. The van der Waals surface area contributed by atoms with Gasteiger partial charge in [0.05, 0.1) is 0 Å². The third-order valence-corrected chi connectivity index (χ3v) is 3.35. The van der Waals surface area contributed by atoms with E-state index in [1.165, 1.54) is 0 Å². The third kappa shape index (κ3) is 6.86. The van der Waals surface area contributed by atoms with Gasteiger partial charge in [-0.1, -0.05) is 31.3 Å². The molecular weight excluding hydrogens is 288 g/mol. The van der Waals surface area contributed by atoms with Gasteiger partial charge in [0.15, 0.2) is 0 Å². The van der Waals surface area contributed by atoms with Crippen molar-refractivity contribution in [2.24, 2.45) is 5.73 Å². The van der Waals surface area contributed by atoms with Gasteiger partial charge >= 0.3 is 0 Å². The normalized spacial score (nSPS) is 12.4. The summed E-state index contributed by atoms with van der Waals surface area (Å²) in [6, 6.07) is 7.20. The van der Waals surface area contributed by atoms with Crippen molar-refractivity contribution >= 4 is 17.2 Å². The Kier molecular flexibility index (Phi) is 8.22. The van der Waals surface area contributed by atoms with Crippen molar-refractivity contribution in [2.75, 3.05) is 32.8 Å². The zero-order valence-electron chi connectivity index (χ0n) is 12.4. The van der Waals surface area contributed by atoms with Crippen LogP contribution < -0.4 is 10.5 Å². The number of nitrogens with two attached hydrogens (primary N) is 1. The van der Waals surface area contributed by atoms with Gasteiger partial charge in [0, 0.05) is 25.3 Å². The zero-order chi connectivity index (χ0) is 15.7. The lowest BCUT2D eigenvalue weighted by Gasteiger charge is -2.23. The van der Waals surface area contributed by atoms with Crippen LogP contribution >= 0.6 is 12.2 Å². The van der Waals surface area contributed by atoms with Crippen LogP contribution in [0, 0.1) is 0 Å². The summed E-state index contributed by atoms with van der Waals surface area (Å²) in [6.45, 7) is 4.50. The van der Waals surface area contributed by atoms with Gasteiger partial charge in [-0.3, -0.25) is 0 Å². The lowest BCUT2D eigenvalue weighted by atomic mass is 10.2. The molecule has 0 heterocycles. The average Bonchev–Trinajstić information content (AvgIpc) is 2.49. The molecule has 0 radical (unpaired) electrons. The van der Waals surface area contributed by atoms with Crippen LogP contribution in [0.2, 0.25) is 0 Å². The summed E-state index contributed by atoms with van der Waals surface area (Å²) in [7, 11) is 0. The molecule has 21 heavy (non-hydrogen) atoms. The molecule has 1 unspecified atom stereocenters. The van der Waals surface area contributed by atoms with Gasteiger partial charge in [-0.2, -0.15) is 0 Å². The number of nitrogens with zero attached hydrogens (tertiary/aromatic N) is 1. The highest BCUT2D eigenvalue weighted by Gasteiger charge is 2.11. The number of aliphatic hydroxyl groups excluding tert-OH is 2. The maximum Gasteiger partial charge on any atom is 0.120 e. The molecule has 0 bridgehead atoms. The Morgan fingerprint density at radius 3 is 2.86 bits per heavy atom. The molecule has 6 heteroatoms. The molecule has 5 nitrogen and oxygen atoms in total. The average molecular weight is 312 g/mol. The fraction of sp³-hybridized carbons (Fsp3) is 0.533. The van der Waals surface area contributed by atoms with Crippen LogP contribution in [0.4, 0.5) is 0 Å². The second-order valence-corrected chi connectivity index (χ2v) is 5.27. The topological polar surface area (TPSA) is 79.0 Å². The number of ether oxygens (including phenoxy) is 1. The Morgan fingerprint density at radius 1 is 1.48 bits per heavy atom. The second kappa shape index (κ2) is 9.68. The van der Waals surface area contributed by atoms with E-state index in [1.807, 2.05) is 19.1 Å². The Hall–Kier alpha value is -1.21. The largest absolute Gasteiger partial charge is 0.491 e. The smallest absolute Gasteiger partial charge is 0.120 e. The molecule has 1 atom stereocenters. The van der Waals surface area contributed by atoms with E-state index >= 15 is 0 Å². The van der Waals surface area contributed by atoms with Gasteiger partial charge in [-0.05, 0) is 25.1 Å². The SMILES string of the molecule is CCN(CCCO)CC(O)COc1cccc(C(N)=S)c1. The quantitative estimate of drug-likeness (QED) is 0.554. The number of hydrogen-bond acceptors (Lipinski definition) is 5. The zero-order valence-corrected chi connectivity index (χ0v) is 13.2. The molecule has 1 rings (SSSR count). The fourth-order valence-electron chi connectivity index (χ4n) is 1.96. The van der Waals surface area contributed by atoms with Crippen LogP contribution in [0.15, 0.2) is 24.3 Å². The molecule has 0 aliphatic carbocycles. The first-order valence-electron chi connectivity index (χ1n) is 7.10. The van der Waals surface area contributed by atoms with Crippen LogP contribution in [0.25, 0.3) is 0 Å². The molecule has 0 saturated heterocycles. The summed E-state index contributed by atoms with van der Waals surface area (Å²) in [6.07, 6.45) is 0.120. The number of rotatable bonds is 10. The van der Waals surface area contributed by atoms with Gasteiger partial charge in [-0.25, -0.2) is 0 Å². The van der Waals surface area contributed by atoms with E-state index in [9.17, 15) is 5.11 Å². The van der Waals surface area contributed by atoms with Crippen molar-refractivity contribution in [3.8, 4) is 5.75 Å². The maximum absolute atomic E-state index is 10.0. The second-order valence-electron chi connectivity index (χ2n) is 4.83. The predicted molar refractivity (Wildman–Crippen MR) is 87.6 cm³/mol. The van der Waals surface area contributed by atoms with Crippen molar-refractivity contribution in [3.63, 3.8) is 0 Å². The summed E-state index contributed by atoms with van der Waals surface area (Å²) in [4.78, 5) is 2.40. The molecule has 0 aromatic heterocycles. The van der Waals surface area contributed by atoms with E-state index in [1.54, 1.807) is 12.1 Å². The molecular formula is C15H24N2O3S. The van der Waals surface area contributed by atoms with Crippen molar-refractivity contribution < 1.29 is 14.9 Å². The van der Waals surface area contributed by atoms with Crippen molar-refractivity contribution in [3.05, 3.63) is 29.8 Å². The Morgan fingerprint density at radius 2 is 2.24 bits per heavy atom. The lowest BCUT2D eigenvalue weighted by Crippen LogP contribution is -2.36. The van der Waals surface area contributed by atoms with E-state index in [0.717, 1.165) is 18.7 Å². The van der Waals surface area contributed by atoms with E-state index in [-0.39, 0.29) is 13.2 Å². The van der Waals surface area contributed by atoms with Gasteiger partial charge in [-0.15, -0.1) is 0 Å². The summed E-state index contributed by atoms with van der Waals surface area (Å²) in [5, 5.41) is 18.8. The minimum Gasteiger partial charge on any atom is -0.491 e. The predicted octanol–water partition coefficient (Wildman–Crippen LogP) is 0.765. The summed E-state index contributed by atoms with van der Waals surface area (Å²) in [5.74, 6) is 0.637. The van der Waals surface area contributed by atoms with Crippen LogP contribution in [-0.2, 0) is 0 Å². The van der Waals surface area contributed by atoms with E-state index in [0.29, 0.717) is 23.7 Å². The highest BCUT2D eigenvalue weighted by molar-refractivity contribution is 7.80. The molecule has 118 valence electrons. The first-order valence-corrected chi connectivity index (χ1v) is 7.51. The molecule has 0 aliphatic heterocycles. The van der Waals surface area contributed by atoms with Crippen LogP contribution in [-0.4, -0.2) is 59.1 Å². The summed E-state index contributed by atoms with van der Waals surface area (Å²) >= 11 is 4.92. The van der Waals surface area contributed by atoms with Gasteiger partial charge in [0.2, 0.25) is 0 Å². The van der Waals surface area contributed by atoms with Gasteiger partial charge in [0.1, 0.15) is 23.4 Å². The first kappa shape index (κ1) is 17.8. The van der Waals surface area contributed by atoms with Crippen LogP contribution in [0.3, 0.4) is 0 Å². The number of hydrogen-bond donors (Lipinski definition) is 3. The molecule has 4 N–H and O–H groups in total. The van der Waals surface area contributed by atoms with Gasteiger partial charge < -0.3 is 25.6 Å². The molecule has 0 aliphatic rings. The lowest BCUT2D eigenvalue weighted by molar-refractivity contribution is 0.0677. The van der Waals surface area contributed by atoms with Crippen molar-refractivity contribution in [1.29, 1.82) is 0 Å². The number of aliphatic hydroxyl groups is 2. The van der Waals surface area contributed by atoms with Crippen LogP contribution in [0.5, 0.6) is 5.75 Å². The Labute approximate surface area is 131 Å². The molecule has 0 amide bonds. The molecule has 1 aromatic rings. The molecule has 1 aromatic carbocycles. The molecule has 0 saturated carbocycles. The Balaban J connectivity index is 2.43. The number of likely N-dealkylation sites (N-methyl/N-ethyl adjacent to an activating group) is 1. The summed E-state index contributed by atoms with van der Waals surface area (Å²) in [5.41, 5.74) is 6.31. The van der Waals surface area contributed by atoms with E-state index in [2.05, 4.69) is 4.90 Å². The summed E-state index contributed by atoms with van der Waals surface area (Å²) < 4.78 is 5.57. The molecule has 0 fully saturated rings. The monoisotopic (exact) mass is 312 g/mol. The van der Waals surface area contributed by atoms with E-state index in [4.69, 9.17) is 27.8 Å².